The van der Waals surface area contributed by atoms with Gasteiger partial charge in [-0.1, -0.05) is 18.2 Å². The van der Waals surface area contributed by atoms with E-state index in [0.717, 1.165) is 17.7 Å². The Morgan fingerprint density at radius 3 is 2.20 bits per heavy atom. The van der Waals surface area contributed by atoms with Crippen LogP contribution in [0.5, 0.6) is 0 Å². The molecule has 3 fully saturated rings. The summed E-state index contributed by atoms with van der Waals surface area (Å²) in [5, 5.41) is 2.89. The average Bonchev–Trinajstić information content (AvgIpc) is 3.61. The van der Waals surface area contributed by atoms with E-state index in [2.05, 4.69) is 5.32 Å². The summed E-state index contributed by atoms with van der Waals surface area (Å²) in [7, 11) is 0. The Morgan fingerprint density at radius 1 is 0.971 bits per heavy atom. The van der Waals surface area contributed by atoms with Crippen LogP contribution >= 0.6 is 0 Å². The zero-order valence-corrected chi connectivity index (χ0v) is 18.9. The van der Waals surface area contributed by atoms with Gasteiger partial charge in [-0.2, -0.15) is 13.2 Å². The molecule has 2 saturated heterocycles. The number of carbonyl (C=O) groups excluding carboxylic acids is 2. The van der Waals surface area contributed by atoms with Crippen LogP contribution in [0.4, 0.5) is 22.0 Å². The van der Waals surface area contributed by atoms with E-state index in [0.29, 0.717) is 57.8 Å². The zero-order valence-electron chi connectivity index (χ0n) is 18.9. The van der Waals surface area contributed by atoms with E-state index >= 15 is 0 Å². The van der Waals surface area contributed by atoms with Crippen LogP contribution in [0, 0.1) is 17.0 Å². The monoisotopic (exact) mass is 492 g/mol. The quantitative estimate of drug-likeness (QED) is 0.618. The second kappa shape index (κ2) is 8.31. The fourth-order valence-electron chi connectivity index (χ4n) is 5.89. The fraction of sp³-hybridized carbons (Fsp3) is 0.462. The topological polar surface area (TPSA) is 49.4 Å². The van der Waals surface area contributed by atoms with Crippen molar-refractivity contribution in [2.45, 2.75) is 49.6 Å². The van der Waals surface area contributed by atoms with Crippen molar-refractivity contribution in [1.29, 1.82) is 0 Å². The molecule has 2 amide bonds. The van der Waals surface area contributed by atoms with E-state index in [4.69, 9.17) is 0 Å². The third-order valence-electron chi connectivity index (χ3n) is 8.05. The van der Waals surface area contributed by atoms with E-state index in [1.54, 1.807) is 17.0 Å². The maximum absolute atomic E-state index is 14.7. The number of carbonyl (C=O) groups is 2. The second-order valence-corrected chi connectivity index (χ2v) is 10.0. The van der Waals surface area contributed by atoms with Crippen LogP contribution in [-0.2, 0) is 21.2 Å². The van der Waals surface area contributed by atoms with Gasteiger partial charge in [0.2, 0.25) is 11.8 Å². The highest BCUT2D eigenvalue weighted by atomic mass is 19.4. The average molecular weight is 492 g/mol. The Labute approximate surface area is 199 Å². The first-order valence-corrected chi connectivity index (χ1v) is 11.7. The van der Waals surface area contributed by atoms with Crippen LogP contribution in [-0.4, -0.2) is 36.3 Å². The molecule has 1 N–H and O–H groups in total. The minimum atomic E-state index is -4.66. The molecule has 0 radical (unpaired) electrons. The van der Waals surface area contributed by atoms with E-state index in [1.165, 1.54) is 12.1 Å². The molecule has 1 spiro atoms. The number of benzene rings is 2. The van der Waals surface area contributed by atoms with Gasteiger partial charge in [0.25, 0.3) is 0 Å². The molecule has 2 aliphatic heterocycles. The van der Waals surface area contributed by atoms with Gasteiger partial charge in [-0.3, -0.25) is 9.59 Å². The van der Waals surface area contributed by atoms with Crippen molar-refractivity contribution in [1.82, 2.24) is 10.2 Å². The van der Waals surface area contributed by atoms with Crippen LogP contribution in [0.25, 0.3) is 0 Å². The summed E-state index contributed by atoms with van der Waals surface area (Å²) in [6, 6.07) is 8.62. The van der Waals surface area contributed by atoms with Gasteiger partial charge in [0.05, 0.1) is 11.0 Å². The minimum Gasteiger partial charge on any atom is -0.355 e. The Hall–Kier alpha value is -2.97. The van der Waals surface area contributed by atoms with Gasteiger partial charge in [-0.15, -0.1) is 0 Å². The molecule has 1 atom stereocenters. The van der Waals surface area contributed by atoms with Crippen molar-refractivity contribution in [2.24, 2.45) is 5.41 Å². The highest BCUT2D eigenvalue weighted by Crippen LogP contribution is 2.53. The number of halogens is 5. The smallest absolute Gasteiger partial charge is 0.355 e. The molecule has 186 valence electrons. The first-order chi connectivity index (χ1) is 16.5. The number of likely N-dealkylation sites (tertiary alicyclic amines) is 1. The molecular weight excluding hydrogens is 467 g/mol. The number of nitrogens with one attached hydrogen (secondary N) is 1. The van der Waals surface area contributed by atoms with Crippen molar-refractivity contribution in [3.05, 3.63) is 70.8 Å². The molecule has 1 saturated carbocycles. The van der Waals surface area contributed by atoms with Crippen LogP contribution in [0.1, 0.15) is 54.7 Å². The predicted molar refractivity (Wildman–Crippen MR) is 117 cm³/mol. The maximum atomic E-state index is 14.7. The normalized spacial score (nSPS) is 23.2. The van der Waals surface area contributed by atoms with Gasteiger partial charge >= 0.3 is 6.18 Å². The van der Waals surface area contributed by atoms with Gasteiger partial charge in [0.1, 0.15) is 11.6 Å². The van der Waals surface area contributed by atoms with E-state index in [9.17, 15) is 31.5 Å². The molecule has 4 nitrogen and oxygen atoms in total. The van der Waals surface area contributed by atoms with Crippen molar-refractivity contribution >= 4 is 11.8 Å². The van der Waals surface area contributed by atoms with Crippen molar-refractivity contribution in [2.75, 3.05) is 19.6 Å². The minimum absolute atomic E-state index is 0.0111. The van der Waals surface area contributed by atoms with Crippen LogP contribution in [0.2, 0.25) is 0 Å². The summed E-state index contributed by atoms with van der Waals surface area (Å²) in [6.07, 6.45) is -2.48. The lowest BCUT2D eigenvalue weighted by molar-refractivity contribution is -0.138. The summed E-state index contributed by atoms with van der Waals surface area (Å²) >= 11 is 0. The summed E-state index contributed by atoms with van der Waals surface area (Å²) < 4.78 is 67.0. The first-order valence-electron chi connectivity index (χ1n) is 11.7. The summed E-state index contributed by atoms with van der Waals surface area (Å²) in [5.41, 5.74) is -1.65. The number of hydrogen-bond acceptors (Lipinski definition) is 2. The first kappa shape index (κ1) is 23.8. The molecule has 0 bridgehead atoms. The largest absolute Gasteiger partial charge is 0.416 e. The molecule has 1 aliphatic carbocycles. The number of rotatable bonds is 3. The lowest BCUT2D eigenvalue weighted by Crippen LogP contribution is -2.54. The van der Waals surface area contributed by atoms with E-state index < -0.39 is 23.0 Å². The van der Waals surface area contributed by atoms with Gasteiger partial charge in [-0.25, -0.2) is 8.78 Å². The maximum Gasteiger partial charge on any atom is 0.416 e. The van der Waals surface area contributed by atoms with Gasteiger partial charge in [-0.05, 0) is 60.9 Å². The molecule has 2 aromatic carbocycles. The number of hydrogen-bond donors (Lipinski definition) is 1. The fourth-order valence-corrected chi connectivity index (χ4v) is 5.89. The summed E-state index contributed by atoms with van der Waals surface area (Å²) in [6.45, 7) is 1.17. The zero-order chi connectivity index (χ0) is 25.0. The third-order valence-corrected chi connectivity index (χ3v) is 8.05. The molecule has 35 heavy (non-hydrogen) atoms. The highest BCUT2D eigenvalue weighted by molar-refractivity contribution is 5.91. The van der Waals surface area contributed by atoms with Crippen LogP contribution < -0.4 is 5.32 Å². The number of amides is 2. The lowest BCUT2D eigenvalue weighted by Gasteiger charge is -2.49. The van der Waals surface area contributed by atoms with Gasteiger partial charge in [0, 0.05) is 37.5 Å². The third kappa shape index (κ3) is 4.19. The molecule has 1 unspecified atom stereocenters. The highest BCUT2D eigenvalue weighted by Gasteiger charge is 2.56. The molecular formula is C26H25F5N2O2. The van der Waals surface area contributed by atoms with Crippen molar-refractivity contribution < 1.29 is 31.5 Å². The van der Waals surface area contributed by atoms with Crippen molar-refractivity contribution in [3.63, 3.8) is 0 Å². The Kier molecular flexibility index (Phi) is 5.64. The Morgan fingerprint density at radius 2 is 1.63 bits per heavy atom. The summed E-state index contributed by atoms with van der Waals surface area (Å²) in [5.74, 6) is -1.72. The molecule has 2 heterocycles. The van der Waals surface area contributed by atoms with Gasteiger partial charge in [0.15, 0.2) is 0 Å². The molecule has 3 aliphatic rings. The Balaban J connectivity index is 1.34. The lowest BCUT2D eigenvalue weighted by atomic mass is 9.62. The van der Waals surface area contributed by atoms with Crippen LogP contribution in [0.15, 0.2) is 42.5 Å². The molecule has 2 aromatic rings. The van der Waals surface area contributed by atoms with E-state index in [1.807, 2.05) is 0 Å². The second-order valence-electron chi connectivity index (χ2n) is 10.0. The standard InChI is InChI=1S/C26H25F5N2O2/c27-18-4-1-16(2-5-18)20-15-32-22(34)14-24(20)9-11-33(12-10-24)23(35)25(7-8-25)19-6-3-17(13-21(19)28)26(29,30)31/h1-6,13,20H,7-12,14-15H2,(H,32,34). The van der Waals surface area contributed by atoms with Crippen LogP contribution in [0.3, 0.4) is 0 Å². The summed E-state index contributed by atoms with van der Waals surface area (Å²) in [4.78, 5) is 27.4. The molecule has 9 heteroatoms. The van der Waals surface area contributed by atoms with E-state index in [-0.39, 0.29) is 34.5 Å². The van der Waals surface area contributed by atoms with Crippen molar-refractivity contribution in [3.8, 4) is 0 Å². The molecule has 0 aromatic heterocycles. The predicted octanol–water partition coefficient (Wildman–Crippen LogP) is 4.93. The Bertz CT molecular complexity index is 1150. The molecule has 5 rings (SSSR count). The SMILES string of the molecule is O=C1CC2(CCN(C(=O)C3(c4ccc(C(F)(F)F)cc4F)CC3)CC2)C(c2ccc(F)cc2)CN1. The number of nitrogens with zero attached hydrogens (tertiary/aromatic N) is 1. The number of piperidine rings is 2. The van der Waals surface area contributed by atoms with Gasteiger partial charge < -0.3 is 10.2 Å². The number of alkyl halides is 3.